The van der Waals surface area contributed by atoms with Crippen molar-refractivity contribution in [2.75, 3.05) is 13.1 Å². The van der Waals surface area contributed by atoms with Crippen LogP contribution in [0.25, 0.3) is 0 Å². The molecule has 1 fully saturated rings. The van der Waals surface area contributed by atoms with Crippen LogP contribution < -0.4 is 5.32 Å². The minimum atomic E-state index is -0.0133. The number of hydrogen-bond donors (Lipinski definition) is 1. The maximum Gasteiger partial charge on any atom is 0.223 e. The largest absolute Gasteiger partial charge is 0.352 e. The fourth-order valence-electron chi connectivity index (χ4n) is 2.84. The van der Waals surface area contributed by atoms with E-state index in [1.165, 1.54) is 0 Å². The van der Waals surface area contributed by atoms with Gasteiger partial charge in [-0.25, -0.2) is 0 Å². The number of nitrogens with zero attached hydrogens (tertiary/aromatic N) is 1. The van der Waals surface area contributed by atoms with Gasteiger partial charge in [-0.3, -0.25) is 9.59 Å². The number of amides is 2. The molecule has 5 heteroatoms. The molecule has 0 saturated carbocycles. The van der Waals surface area contributed by atoms with Crippen LogP contribution in [-0.2, 0) is 16.1 Å². The number of benzene rings is 1. The molecule has 0 aromatic heterocycles. The second-order valence-electron chi connectivity index (χ2n) is 6.56. The minimum absolute atomic E-state index is 0.0133. The summed E-state index contributed by atoms with van der Waals surface area (Å²) < 4.78 is 0. The summed E-state index contributed by atoms with van der Waals surface area (Å²) in [4.78, 5) is 26.2. The predicted octanol–water partition coefficient (Wildman–Crippen LogP) is 3.24. The van der Waals surface area contributed by atoms with E-state index in [-0.39, 0.29) is 17.7 Å². The molecule has 0 aliphatic carbocycles. The van der Waals surface area contributed by atoms with Crippen LogP contribution in [0.15, 0.2) is 24.3 Å². The third-order valence-electron chi connectivity index (χ3n) is 4.21. The lowest BCUT2D eigenvalue weighted by molar-refractivity contribution is -0.136. The Kier molecular flexibility index (Phi) is 6.46. The molecule has 0 unspecified atom stereocenters. The van der Waals surface area contributed by atoms with Crippen molar-refractivity contribution in [2.45, 2.75) is 39.7 Å². The maximum absolute atomic E-state index is 12.3. The molecule has 1 aromatic rings. The van der Waals surface area contributed by atoms with E-state index in [9.17, 15) is 9.59 Å². The van der Waals surface area contributed by atoms with E-state index in [4.69, 9.17) is 11.6 Å². The Morgan fingerprint density at radius 1 is 1.26 bits per heavy atom. The molecule has 0 radical (unpaired) electrons. The zero-order chi connectivity index (χ0) is 16.8. The van der Waals surface area contributed by atoms with Gasteiger partial charge in [-0.15, -0.1) is 0 Å². The molecule has 1 aliphatic heterocycles. The Labute approximate surface area is 143 Å². The van der Waals surface area contributed by atoms with Gasteiger partial charge in [0.05, 0.1) is 0 Å². The summed E-state index contributed by atoms with van der Waals surface area (Å²) >= 11 is 6.09. The highest BCUT2D eigenvalue weighted by Gasteiger charge is 2.27. The smallest absolute Gasteiger partial charge is 0.223 e. The molecule has 1 aliphatic rings. The van der Waals surface area contributed by atoms with Crippen LogP contribution >= 0.6 is 11.6 Å². The lowest BCUT2D eigenvalue weighted by Crippen LogP contribution is -2.43. The van der Waals surface area contributed by atoms with Gasteiger partial charge in [0.1, 0.15) is 0 Å². The SMILES string of the molecule is CC(C)CC(=O)N1CCC(C(=O)NCc2ccccc2Cl)CC1. The third kappa shape index (κ3) is 5.24. The molecular weight excluding hydrogens is 312 g/mol. The topological polar surface area (TPSA) is 49.4 Å². The first-order valence-corrected chi connectivity index (χ1v) is 8.64. The van der Waals surface area contributed by atoms with Gasteiger partial charge >= 0.3 is 0 Å². The predicted molar refractivity (Wildman–Crippen MR) is 92.1 cm³/mol. The molecule has 0 bridgehead atoms. The van der Waals surface area contributed by atoms with E-state index in [0.717, 1.165) is 18.4 Å². The van der Waals surface area contributed by atoms with Crippen molar-refractivity contribution in [1.82, 2.24) is 10.2 Å². The summed E-state index contributed by atoms with van der Waals surface area (Å²) in [5.41, 5.74) is 0.923. The number of likely N-dealkylation sites (tertiary alicyclic amines) is 1. The number of rotatable bonds is 5. The molecule has 1 N–H and O–H groups in total. The molecule has 126 valence electrons. The van der Waals surface area contributed by atoms with Crippen LogP contribution in [0.3, 0.4) is 0 Å². The normalized spacial score (nSPS) is 15.7. The minimum Gasteiger partial charge on any atom is -0.352 e. The van der Waals surface area contributed by atoms with E-state index < -0.39 is 0 Å². The summed E-state index contributed by atoms with van der Waals surface area (Å²) in [7, 11) is 0. The summed E-state index contributed by atoms with van der Waals surface area (Å²) in [5, 5.41) is 3.63. The molecular formula is C18H25ClN2O2. The van der Waals surface area contributed by atoms with Crippen LogP contribution in [-0.4, -0.2) is 29.8 Å². The summed E-state index contributed by atoms with van der Waals surface area (Å²) in [5.74, 6) is 0.621. The molecule has 1 aromatic carbocycles. The van der Waals surface area contributed by atoms with Gasteiger partial charge in [-0.05, 0) is 30.4 Å². The fraction of sp³-hybridized carbons (Fsp3) is 0.556. The van der Waals surface area contributed by atoms with E-state index in [2.05, 4.69) is 5.32 Å². The molecule has 23 heavy (non-hydrogen) atoms. The van der Waals surface area contributed by atoms with Crippen molar-refractivity contribution in [3.63, 3.8) is 0 Å². The Morgan fingerprint density at radius 3 is 2.52 bits per heavy atom. The van der Waals surface area contributed by atoms with Crippen molar-refractivity contribution >= 4 is 23.4 Å². The Morgan fingerprint density at radius 2 is 1.91 bits per heavy atom. The van der Waals surface area contributed by atoms with Gasteiger partial charge in [0.15, 0.2) is 0 Å². The number of halogens is 1. The first-order chi connectivity index (χ1) is 11.0. The average Bonchev–Trinajstić information content (AvgIpc) is 2.53. The zero-order valence-corrected chi connectivity index (χ0v) is 14.6. The van der Waals surface area contributed by atoms with Gasteiger partial charge in [0, 0.05) is 37.0 Å². The monoisotopic (exact) mass is 336 g/mol. The van der Waals surface area contributed by atoms with Crippen molar-refractivity contribution in [2.24, 2.45) is 11.8 Å². The molecule has 1 saturated heterocycles. The summed E-state index contributed by atoms with van der Waals surface area (Å²) in [6.07, 6.45) is 2.06. The van der Waals surface area contributed by atoms with Gasteiger partial charge in [0.25, 0.3) is 0 Å². The van der Waals surface area contributed by atoms with Crippen LogP contribution in [0, 0.1) is 11.8 Å². The standard InChI is InChI=1S/C18H25ClN2O2/c1-13(2)11-17(22)21-9-7-14(8-10-21)18(23)20-12-15-5-3-4-6-16(15)19/h3-6,13-14H,7-12H2,1-2H3,(H,20,23). The molecule has 0 spiro atoms. The molecule has 2 amide bonds. The van der Waals surface area contributed by atoms with Crippen LogP contribution in [0.1, 0.15) is 38.7 Å². The van der Waals surface area contributed by atoms with Crippen molar-refractivity contribution in [3.05, 3.63) is 34.9 Å². The Balaban J connectivity index is 1.77. The maximum atomic E-state index is 12.3. The van der Waals surface area contributed by atoms with Gasteiger partial charge in [-0.1, -0.05) is 43.6 Å². The van der Waals surface area contributed by atoms with E-state index in [1.54, 1.807) is 0 Å². The van der Waals surface area contributed by atoms with Crippen molar-refractivity contribution in [3.8, 4) is 0 Å². The average molecular weight is 337 g/mol. The van der Waals surface area contributed by atoms with Crippen molar-refractivity contribution in [1.29, 1.82) is 0 Å². The summed E-state index contributed by atoms with van der Waals surface area (Å²) in [6.45, 7) is 5.90. The number of nitrogens with one attached hydrogen (secondary N) is 1. The fourth-order valence-corrected chi connectivity index (χ4v) is 3.04. The van der Waals surface area contributed by atoms with E-state index in [1.807, 2.05) is 43.0 Å². The quantitative estimate of drug-likeness (QED) is 0.897. The third-order valence-corrected chi connectivity index (χ3v) is 4.58. The number of hydrogen-bond acceptors (Lipinski definition) is 2. The van der Waals surface area contributed by atoms with Gasteiger partial charge in [-0.2, -0.15) is 0 Å². The van der Waals surface area contributed by atoms with Gasteiger partial charge in [0.2, 0.25) is 11.8 Å². The second kappa shape index (κ2) is 8.34. The van der Waals surface area contributed by atoms with E-state index in [0.29, 0.717) is 37.0 Å². The number of carbonyl (C=O) groups is 2. The van der Waals surface area contributed by atoms with Gasteiger partial charge < -0.3 is 10.2 Å². The highest BCUT2D eigenvalue weighted by molar-refractivity contribution is 6.31. The van der Waals surface area contributed by atoms with Crippen LogP contribution in [0.2, 0.25) is 5.02 Å². The molecule has 1 heterocycles. The highest BCUT2D eigenvalue weighted by Crippen LogP contribution is 2.20. The van der Waals surface area contributed by atoms with Crippen LogP contribution in [0.5, 0.6) is 0 Å². The molecule has 0 atom stereocenters. The second-order valence-corrected chi connectivity index (χ2v) is 6.97. The lowest BCUT2D eigenvalue weighted by Gasteiger charge is -2.31. The highest BCUT2D eigenvalue weighted by atomic mass is 35.5. The zero-order valence-electron chi connectivity index (χ0n) is 13.8. The van der Waals surface area contributed by atoms with E-state index >= 15 is 0 Å². The lowest BCUT2D eigenvalue weighted by atomic mass is 9.95. The summed E-state index contributed by atoms with van der Waals surface area (Å²) in [6, 6.07) is 7.52. The van der Waals surface area contributed by atoms with Crippen molar-refractivity contribution < 1.29 is 9.59 Å². The Hall–Kier alpha value is -1.55. The first-order valence-electron chi connectivity index (χ1n) is 8.26. The van der Waals surface area contributed by atoms with Crippen LogP contribution in [0.4, 0.5) is 0 Å². The number of carbonyl (C=O) groups excluding carboxylic acids is 2. The number of piperidine rings is 1. The Bertz CT molecular complexity index is 552. The molecule has 4 nitrogen and oxygen atoms in total. The first kappa shape index (κ1) is 17.8. The molecule has 2 rings (SSSR count).